The molecule has 2 aromatic rings. The standard InChI is InChI=1S/2C7H12N2.CH4/c1-5-6(2)9(4)7(3)8-5;1-5-6(2)8-9(4)7(5)3;/h2*1-4H3;1H4. The molecule has 0 atom stereocenters. The molecule has 0 aliphatic heterocycles. The third kappa shape index (κ3) is 3.69. The van der Waals surface area contributed by atoms with Gasteiger partial charge in [-0.3, -0.25) is 4.68 Å². The topological polar surface area (TPSA) is 35.6 Å². The first-order chi connectivity index (χ1) is 8.25. The molecule has 2 rings (SSSR count). The number of hydrogen-bond donors (Lipinski definition) is 0. The third-order valence-electron chi connectivity index (χ3n) is 3.71. The van der Waals surface area contributed by atoms with Crippen LogP contribution in [0.3, 0.4) is 0 Å². The van der Waals surface area contributed by atoms with Gasteiger partial charge >= 0.3 is 0 Å². The van der Waals surface area contributed by atoms with Crippen LogP contribution in [0, 0.1) is 41.5 Å². The van der Waals surface area contributed by atoms with Crippen molar-refractivity contribution in [1.29, 1.82) is 0 Å². The molecule has 0 amide bonds. The zero-order valence-electron chi connectivity index (χ0n) is 12.8. The Morgan fingerprint density at radius 1 is 0.789 bits per heavy atom. The molecule has 0 radical (unpaired) electrons. The molecule has 2 heterocycles. The minimum absolute atomic E-state index is 0. The maximum atomic E-state index is 4.27. The Balaban J connectivity index is 0.000000324. The largest absolute Gasteiger partial charge is 0.335 e. The summed E-state index contributed by atoms with van der Waals surface area (Å²) in [6.07, 6.45) is 0. The van der Waals surface area contributed by atoms with Crippen molar-refractivity contribution in [2.75, 3.05) is 0 Å². The van der Waals surface area contributed by atoms with E-state index in [-0.39, 0.29) is 7.43 Å². The zero-order valence-corrected chi connectivity index (χ0v) is 12.8. The van der Waals surface area contributed by atoms with Gasteiger partial charge in [0.1, 0.15) is 5.82 Å². The molecule has 0 aromatic carbocycles. The van der Waals surface area contributed by atoms with E-state index in [1.54, 1.807) is 0 Å². The molecule has 19 heavy (non-hydrogen) atoms. The Labute approximate surface area is 117 Å². The molecular formula is C15H28N4. The van der Waals surface area contributed by atoms with E-state index in [2.05, 4.69) is 35.4 Å². The van der Waals surface area contributed by atoms with Crippen LogP contribution in [0.2, 0.25) is 0 Å². The SMILES string of the molecule is C.Cc1nc(C)n(C)c1C.Cc1nn(C)c(C)c1C. The number of aryl methyl sites for hydroxylation is 4. The van der Waals surface area contributed by atoms with Gasteiger partial charge in [0.05, 0.1) is 11.4 Å². The van der Waals surface area contributed by atoms with Gasteiger partial charge in [0.15, 0.2) is 0 Å². The molecule has 0 aliphatic rings. The van der Waals surface area contributed by atoms with Gasteiger partial charge in [-0.15, -0.1) is 0 Å². The lowest BCUT2D eigenvalue weighted by Gasteiger charge is -1.94. The highest BCUT2D eigenvalue weighted by Crippen LogP contribution is 2.08. The lowest BCUT2D eigenvalue weighted by Crippen LogP contribution is -1.92. The maximum Gasteiger partial charge on any atom is 0.105 e. The number of hydrogen-bond acceptors (Lipinski definition) is 2. The second kappa shape index (κ2) is 6.55. The first-order valence-electron chi connectivity index (χ1n) is 6.19. The lowest BCUT2D eigenvalue weighted by molar-refractivity contribution is 0.730. The Morgan fingerprint density at radius 3 is 1.42 bits per heavy atom. The third-order valence-corrected chi connectivity index (χ3v) is 3.71. The summed E-state index contributed by atoms with van der Waals surface area (Å²) in [5.41, 5.74) is 6.09. The van der Waals surface area contributed by atoms with Crippen LogP contribution >= 0.6 is 0 Å². The summed E-state index contributed by atoms with van der Waals surface area (Å²) >= 11 is 0. The number of nitrogens with zero attached hydrogens (tertiary/aromatic N) is 4. The van der Waals surface area contributed by atoms with E-state index in [1.165, 1.54) is 17.0 Å². The van der Waals surface area contributed by atoms with Crippen LogP contribution in [-0.2, 0) is 14.1 Å². The maximum absolute atomic E-state index is 4.27. The molecule has 0 N–H and O–H groups in total. The molecular weight excluding hydrogens is 236 g/mol. The summed E-state index contributed by atoms with van der Waals surface area (Å²) in [7, 11) is 4.00. The van der Waals surface area contributed by atoms with Gasteiger partial charge in [-0.05, 0) is 47.1 Å². The molecule has 0 fully saturated rings. The highest BCUT2D eigenvalue weighted by molar-refractivity contribution is 5.21. The summed E-state index contributed by atoms with van der Waals surface area (Å²) in [6, 6.07) is 0. The highest BCUT2D eigenvalue weighted by atomic mass is 15.3. The normalized spacial score (nSPS) is 9.68. The Hall–Kier alpha value is -1.58. The molecule has 0 aliphatic carbocycles. The van der Waals surface area contributed by atoms with Crippen LogP contribution in [0.1, 0.15) is 41.6 Å². The van der Waals surface area contributed by atoms with Crippen molar-refractivity contribution in [3.63, 3.8) is 0 Å². The molecule has 0 saturated carbocycles. The summed E-state index contributed by atoms with van der Waals surface area (Å²) < 4.78 is 4.00. The minimum Gasteiger partial charge on any atom is -0.335 e. The van der Waals surface area contributed by atoms with Crippen LogP contribution in [-0.4, -0.2) is 19.3 Å². The highest BCUT2D eigenvalue weighted by Gasteiger charge is 2.01. The van der Waals surface area contributed by atoms with Crippen molar-refractivity contribution in [1.82, 2.24) is 19.3 Å². The molecule has 0 unspecified atom stereocenters. The van der Waals surface area contributed by atoms with E-state index in [4.69, 9.17) is 0 Å². The summed E-state index contributed by atoms with van der Waals surface area (Å²) in [4.78, 5) is 4.27. The van der Waals surface area contributed by atoms with Crippen molar-refractivity contribution in [3.05, 3.63) is 34.2 Å². The van der Waals surface area contributed by atoms with E-state index in [9.17, 15) is 0 Å². The summed E-state index contributed by atoms with van der Waals surface area (Å²) in [6.45, 7) is 12.3. The van der Waals surface area contributed by atoms with Gasteiger partial charge in [-0.1, -0.05) is 7.43 Å². The second-order valence-corrected chi connectivity index (χ2v) is 4.81. The van der Waals surface area contributed by atoms with Crippen molar-refractivity contribution >= 4 is 0 Å². The Kier molecular flexibility index (Phi) is 6.00. The van der Waals surface area contributed by atoms with Crippen molar-refractivity contribution in [3.8, 4) is 0 Å². The molecule has 0 saturated heterocycles. The first kappa shape index (κ1) is 17.4. The summed E-state index contributed by atoms with van der Waals surface area (Å²) in [5, 5.41) is 4.23. The first-order valence-corrected chi connectivity index (χ1v) is 6.19. The minimum atomic E-state index is 0. The van der Waals surface area contributed by atoms with Gasteiger partial charge in [-0.2, -0.15) is 5.10 Å². The quantitative estimate of drug-likeness (QED) is 0.731. The number of rotatable bonds is 0. The predicted octanol–water partition coefficient (Wildman–Crippen LogP) is 3.33. The smallest absolute Gasteiger partial charge is 0.105 e. The van der Waals surface area contributed by atoms with Crippen LogP contribution in [0.15, 0.2) is 0 Å². The average Bonchev–Trinajstić information content (AvgIpc) is 2.66. The van der Waals surface area contributed by atoms with E-state index < -0.39 is 0 Å². The van der Waals surface area contributed by atoms with Gasteiger partial charge in [0, 0.05) is 25.5 Å². The molecule has 4 heteroatoms. The molecule has 2 aromatic heterocycles. The van der Waals surface area contributed by atoms with Crippen LogP contribution < -0.4 is 0 Å². The monoisotopic (exact) mass is 264 g/mol. The van der Waals surface area contributed by atoms with E-state index in [0.29, 0.717) is 0 Å². The van der Waals surface area contributed by atoms with Crippen molar-refractivity contribution in [2.45, 2.75) is 49.0 Å². The fourth-order valence-corrected chi connectivity index (χ4v) is 1.76. The van der Waals surface area contributed by atoms with E-state index in [0.717, 1.165) is 17.2 Å². The number of imidazole rings is 1. The van der Waals surface area contributed by atoms with E-state index in [1.807, 2.05) is 39.5 Å². The van der Waals surface area contributed by atoms with Gasteiger partial charge in [0.25, 0.3) is 0 Å². The molecule has 4 nitrogen and oxygen atoms in total. The van der Waals surface area contributed by atoms with Crippen LogP contribution in [0.25, 0.3) is 0 Å². The van der Waals surface area contributed by atoms with Crippen LogP contribution in [0.4, 0.5) is 0 Å². The Bertz CT molecular complexity index is 452. The van der Waals surface area contributed by atoms with E-state index >= 15 is 0 Å². The van der Waals surface area contributed by atoms with Gasteiger partial charge in [0.2, 0.25) is 0 Å². The molecule has 0 spiro atoms. The van der Waals surface area contributed by atoms with Gasteiger partial charge < -0.3 is 4.57 Å². The average molecular weight is 264 g/mol. The van der Waals surface area contributed by atoms with Crippen molar-refractivity contribution < 1.29 is 0 Å². The lowest BCUT2D eigenvalue weighted by atomic mass is 10.2. The fourth-order valence-electron chi connectivity index (χ4n) is 1.76. The second-order valence-electron chi connectivity index (χ2n) is 4.81. The predicted molar refractivity (Wildman–Crippen MR) is 81.6 cm³/mol. The van der Waals surface area contributed by atoms with Crippen molar-refractivity contribution in [2.24, 2.45) is 14.1 Å². The number of aromatic nitrogens is 4. The molecule has 0 bridgehead atoms. The summed E-state index contributed by atoms with van der Waals surface area (Å²) in [5.74, 6) is 1.09. The zero-order chi connectivity index (χ0) is 14.0. The Morgan fingerprint density at radius 2 is 1.32 bits per heavy atom. The fraction of sp³-hybridized carbons (Fsp3) is 0.600. The molecule has 108 valence electrons. The van der Waals surface area contributed by atoms with Gasteiger partial charge in [-0.25, -0.2) is 4.98 Å². The van der Waals surface area contributed by atoms with Crippen LogP contribution in [0.5, 0.6) is 0 Å².